The molecule has 0 radical (unpaired) electrons. The quantitative estimate of drug-likeness (QED) is 0.114. The molecule has 37 heavy (non-hydrogen) atoms. The van der Waals surface area contributed by atoms with Crippen LogP contribution >= 0.6 is 0 Å². The van der Waals surface area contributed by atoms with Crippen molar-refractivity contribution >= 4 is 29.7 Å². The number of rotatable bonds is 15. The van der Waals surface area contributed by atoms with Crippen molar-refractivity contribution in [1.82, 2.24) is 35.9 Å². The second-order valence-corrected chi connectivity index (χ2v) is 8.29. The van der Waals surface area contributed by atoms with E-state index >= 15 is 0 Å². The van der Waals surface area contributed by atoms with E-state index in [0.717, 1.165) is 0 Å². The van der Waals surface area contributed by atoms with Crippen molar-refractivity contribution in [1.29, 1.82) is 0 Å². The van der Waals surface area contributed by atoms with Gasteiger partial charge in [-0.3, -0.25) is 19.2 Å². The number of carbonyl (C=O) groups excluding carboxylic acids is 3. The number of nitrogens with zero attached hydrogens (tertiary/aromatic N) is 2. The number of aromatic amines is 2. The third kappa shape index (κ3) is 9.34. The average molecular weight is 523 g/mol. The maximum absolute atomic E-state index is 13.0. The van der Waals surface area contributed by atoms with Crippen molar-refractivity contribution in [2.24, 2.45) is 5.73 Å². The van der Waals surface area contributed by atoms with Crippen LogP contribution in [0.5, 0.6) is 0 Å². The van der Waals surface area contributed by atoms with Gasteiger partial charge in [0.25, 0.3) is 0 Å². The Kier molecular flexibility index (Phi) is 10.7. The van der Waals surface area contributed by atoms with Crippen molar-refractivity contribution in [3.8, 4) is 0 Å². The number of aliphatic hydroxyl groups is 1. The number of carbonyl (C=O) groups is 5. The Labute approximate surface area is 210 Å². The topological polar surface area (TPSA) is 266 Å². The second kappa shape index (κ2) is 13.7. The minimum absolute atomic E-state index is 0.0811. The fourth-order valence-electron chi connectivity index (χ4n) is 3.28. The Morgan fingerprint density at radius 2 is 1.46 bits per heavy atom. The third-order valence-electron chi connectivity index (χ3n) is 5.27. The Balaban J connectivity index is 2.13. The number of aromatic nitrogens is 4. The number of carboxylic acid groups (broad SMARTS) is 2. The summed E-state index contributed by atoms with van der Waals surface area (Å²) in [6.07, 6.45) is 3.25. The van der Waals surface area contributed by atoms with Gasteiger partial charge < -0.3 is 47.0 Å². The molecule has 0 bridgehead atoms. The van der Waals surface area contributed by atoms with Crippen LogP contribution < -0.4 is 21.7 Å². The number of imidazole rings is 2. The van der Waals surface area contributed by atoms with Gasteiger partial charge in [-0.05, 0) is 13.3 Å². The molecule has 202 valence electrons. The largest absolute Gasteiger partial charge is 0.481 e. The molecule has 0 aliphatic carbocycles. The second-order valence-electron chi connectivity index (χ2n) is 8.29. The van der Waals surface area contributed by atoms with Gasteiger partial charge in [-0.25, -0.2) is 14.8 Å². The molecule has 5 atom stereocenters. The molecule has 0 saturated heterocycles. The molecule has 16 nitrogen and oxygen atoms in total. The molecule has 2 aromatic rings. The van der Waals surface area contributed by atoms with Crippen LogP contribution in [-0.4, -0.2) is 95.2 Å². The Morgan fingerprint density at radius 1 is 0.892 bits per heavy atom. The molecule has 0 aliphatic rings. The molecular weight excluding hydrogens is 492 g/mol. The summed E-state index contributed by atoms with van der Waals surface area (Å²) < 4.78 is 0. The molecular formula is C21H30N8O8. The van der Waals surface area contributed by atoms with Gasteiger partial charge in [0.15, 0.2) is 0 Å². The van der Waals surface area contributed by atoms with Crippen molar-refractivity contribution in [2.75, 3.05) is 0 Å². The van der Waals surface area contributed by atoms with Crippen LogP contribution in [0.15, 0.2) is 25.0 Å². The van der Waals surface area contributed by atoms with Gasteiger partial charge in [-0.2, -0.15) is 0 Å². The van der Waals surface area contributed by atoms with Crippen molar-refractivity contribution in [3.05, 3.63) is 36.4 Å². The number of aliphatic hydroxyl groups excluding tert-OH is 1. The van der Waals surface area contributed by atoms with Gasteiger partial charge in [0.1, 0.15) is 18.1 Å². The number of hydrogen-bond acceptors (Lipinski definition) is 9. The molecule has 0 fully saturated rings. The van der Waals surface area contributed by atoms with Gasteiger partial charge >= 0.3 is 11.9 Å². The zero-order valence-corrected chi connectivity index (χ0v) is 19.9. The minimum Gasteiger partial charge on any atom is -0.481 e. The van der Waals surface area contributed by atoms with E-state index in [2.05, 4.69) is 35.9 Å². The van der Waals surface area contributed by atoms with Gasteiger partial charge in [0.05, 0.1) is 24.8 Å². The molecule has 0 saturated carbocycles. The van der Waals surface area contributed by atoms with E-state index in [4.69, 9.17) is 10.8 Å². The number of nitrogens with one attached hydrogen (secondary N) is 5. The van der Waals surface area contributed by atoms with Crippen molar-refractivity contribution < 1.29 is 39.3 Å². The maximum atomic E-state index is 13.0. The average Bonchev–Trinajstić information content (AvgIpc) is 3.53. The number of amides is 3. The molecule has 5 unspecified atom stereocenters. The lowest BCUT2D eigenvalue weighted by atomic mass is 10.1. The summed E-state index contributed by atoms with van der Waals surface area (Å²) in [5, 5.41) is 35.3. The summed E-state index contributed by atoms with van der Waals surface area (Å²) in [4.78, 5) is 74.0. The molecule has 0 aromatic carbocycles. The third-order valence-corrected chi connectivity index (χ3v) is 5.27. The maximum Gasteiger partial charge on any atom is 0.326 e. The van der Waals surface area contributed by atoms with Crippen LogP contribution in [0.25, 0.3) is 0 Å². The summed E-state index contributed by atoms with van der Waals surface area (Å²) in [5.41, 5.74) is 6.87. The molecule has 2 rings (SSSR count). The molecule has 3 amide bonds. The lowest BCUT2D eigenvalue weighted by Crippen LogP contribution is -2.60. The highest BCUT2D eigenvalue weighted by Gasteiger charge is 2.33. The molecule has 2 heterocycles. The first-order valence-corrected chi connectivity index (χ1v) is 11.2. The van der Waals surface area contributed by atoms with E-state index in [1.54, 1.807) is 0 Å². The molecule has 0 aliphatic heterocycles. The lowest BCUT2D eigenvalue weighted by Gasteiger charge is -2.26. The van der Waals surface area contributed by atoms with Crippen molar-refractivity contribution in [3.63, 3.8) is 0 Å². The Morgan fingerprint density at radius 3 is 1.95 bits per heavy atom. The van der Waals surface area contributed by atoms with Crippen LogP contribution in [0.2, 0.25) is 0 Å². The Hall–Kier alpha value is -4.31. The zero-order valence-electron chi connectivity index (χ0n) is 19.9. The standard InChI is InChI=1S/C21H30N8O8/c1-10(30)17(29-18(33)13(22)4-11-6-23-8-25-11)20(35)28-15(5-12-7-24-9-26-12)19(34)27-14(21(36)37)2-3-16(31)32/h6-10,13-15,17,30H,2-5,22H2,1H3,(H,23,25)(H,24,26)(H,27,34)(H,28,35)(H,29,33)(H,31,32)(H,36,37). The van der Waals surface area contributed by atoms with Crippen molar-refractivity contribution in [2.45, 2.75) is 62.9 Å². The molecule has 10 N–H and O–H groups in total. The van der Waals surface area contributed by atoms with E-state index in [9.17, 15) is 34.2 Å². The minimum atomic E-state index is -1.53. The van der Waals surface area contributed by atoms with Crippen LogP contribution in [0.1, 0.15) is 31.2 Å². The number of nitrogens with two attached hydrogens (primary N) is 1. The Bertz CT molecular complexity index is 1060. The van der Waals surface area contributed by atoms with E-state index < -0.39 is 66.4 Å². The predicted molar refractivity (Wildman–Crippen MR) is 125 cm³/mol. The van der Waals surface area contributed by atoms with E-state index in [0.29, 0.717) is 11.4 Å². The number of aliphatic carboxylic acids is 2. The first kappa shape index (κ1) is 28.9. The summed E-state index contributed by atoms with van der Waals surface area (Å²) >= 11 is 0. The van der Waals surface area contributed by atoms with E-state index in [1.807, 2.05) is 0 Å². The lowest BCUT2D eigenvalue weighted by molar-refractivity contribution is -0.143. The van der Waals surface area contributed by atoms with Gasteiger partial charge in [-0.15, -0.1) is 0 Å². The van der Waals surface area contributed by atoms with Gasteiger partial charge in [0.2, 0.25) is 17.7 Å². The van der Waals surface area contributed by atoms with Gasteiger partial charge in [-0.1, -0.05) is 0 Å². The summed E-state index contributed by atoms with van der Waals surface area (Å²) in [7, 11) is 0. The summed E-state index contributed by atoms with van der Waals surface area (Å²) in [6.45, 7) is 1.25. The molecule has 0 spiro atoms. The molecule has 16 heteroatoms. The summed E-state index contributed by atoms with van der Waals surface area (Å²) in [5.74, 6) is -5.31. The fourth-order valence-corrected chi connectivity index (χ4v) is 3.28. The highest BCUT2D eigenvalue weighted by atomic mass is 16.4. The van der Waals surface area contributed by atoms with Gasteiger partial charge in [0, 0.05) is 43.0 Å². The van der Waals surface area contributed by atoms with E-state index in [-0.39, 0.29) is 19.3 Å². The first-order valence-electron chi connectivity index (χ1n) is 11.2. The molecule has 2 aromatic heterocycles. The number of H-pyrrole nitrogens is 2. The first-order chi connectivity index (χ1) is 17.5. The number of carboxylic acids is 2. The SMILES string of the molecule is CC(O)C(NC(=O)C(N)Cc1cnc[nH]1)C(=O)NC(Cc1cnc[nH]1)C(=O)NC(CCC(=O)O)C(=O)O. The number of hydrogen-bond donors (Lipinski definition) is 9. The van der Waals surface area contributed by atoms with Crippen LogP contribution in [0.4, 0.5) is 0 Å². The van der Waals surface area contributed by atoms with Crippen LogP contribution in [0.3, 0.4) is 0 Å². The fraction of sp³-hybridized carbons (Fsp3) is 0.476. The highest BCUT2D eigenvalue weighted by molar-refractivity contribution is 5.94. The predicted octanol–water partition coefficient (Wildman–Crippen LogP) is -2.97. The monoisotopic (exact) mass is 522 g/mol. The van der Waals surface area contributed by atoms with E-state index in [1.165, 1.54) is 32.0 Å². The smallest absolute Gasteiger partial charge is 0.326 e. The van der Waals surface area contributed by atoms with Crippen LogP contribution in [-0.2, 0) is 36.8 Å². The van der Waals surface area contributed by atoms with Crippen LogP contribution in [0, 0.1) is 0 Å². The summed E-state index contributed by atoms with van der Waals surface area (Å²) in [6, 6.07) is -5.47. The highest BCUT2D eigenvalue weighted by Crippen LogP contribution is 2.05. The zero-order chi connectivity index (χ0) is 27.5. The normalized spacial score (nSPS) is 15.0.